The van der Waals surface area contributed by atoms with Gasteiger partial charge in [-0.25, -0.2) is 4.98 Å². The molecule has 1 aliphatic heterocycles. The maximum atomic E-state index is 12.9. The third-order valence-electron chi connectivity index (χ3n) is 5.64. The second-order valence-corrected chi connectivity index (χ2v) is 8.29. The van der Waals surface area contributed by atoms with Gasteiger partial charge in [0.25, 0.3) is 5.91 Å². The minimum absolute atomic E-state index is 0.220. The van der Waals surface area contributed by atoms with Crippen molar-refractivity contribution < 1.29 is 14.6 Å². The Kier molecular flexibility index (Phi) is 6.70. The molecule has 1 amide bonds. The van der Waals surface area contributed by atoms with Crippen LogP contribution in [0.1, 0.15) is 40.4 Å². The first-order valence-corrected chi connectivity index (χ1v) is 10.8. The summed E-state index contributed by atoms with van der Waals surface area (Å²) < 4.78 is 5.40. The molecule has 1 saturated heterocycles. The Hall–Kier alpha value is -2.67. The van der Waals surface area contributed by atoms with Crippen LogP contribution in [-0.2, 0) is 4.74 Å². The van der Waals surface area contributed by atoms with E-state index in [0.717, 1.165) is 53.8 Å². The second-order valence-electron chi connectivity index (χ2n) is 7.88. The molecule has 4 rings (SSSR count). The molecule has 1 fully saturated rings. The molecule has 3 aromatic rings. The lowest BCUT2D eigenvalue weighted by atomic mass is 10.0. The summed E-state index contributed by atoms with van der Waals surface area (Å²) in [6.45, 7) is 3.21. The summed E-state index contributed by atoms with van der Waals surface area (Å²) in [4.78, 5) is 17.4. The second kappa shape index (κ2) is 9.64. The normalized spacial score (nSPS) is 15.6. The monoisotopic (exact) mass is 439 g/mol. The molecule has 0 radical (unpaired) electrons. The summed E-state index contributed by atoms with van der Waals surface area (Å²) in [6, 6.07) is 12.8. The lowest BCUT2D eigenvalue weighted by molar-refractivity contribution is 0.0903. The van der Waals surface area contributed by atoms with Gasteiger partial charge in [0, 0.05) is 41.4 Å². The Labute approximate surface area is 186 Å². The van der Waals surface area contributed by atoms with Gasteiger partial charge in [-0.1, -0.05) is 29.8 Å². The average Bonchev–Trinajstić information content (AvgIpc) is 2.79. The molecular weight excluding hydrogens is 414 g/mol. The van der Waals surface area contributed by atoms with Gasteiger partial charge in [-0.15, -0.1) is 0 Å². The molecule has 1 aromatic heterocycles. The highest BCUT2D eigenvalue weighted by atomic mass is 35.5. The summed E-state index contributed by atoms with van der Waals surface area (Å²) >= 11 is 6.21. The van der Waals surface area contributed by atoms with Crippen LogP contribution in [0.3, 0.4) is 0 Å². The van der Waals surface area contributed by atoms with Crippen LogP contribution in [0.5, 0.6) is 0 Å². The zero-order valence-electron chi connectivity index (χ0n) is 17.4. The molecule has 1 atom stereocenters. The van der Waals surface area contributed by atoms with Gasteiger partial charge in [-0.2, -0.15) is 0 Å². The Morgan fingerprint density at radius 1 is 1.19 bits per heavy atom. The summed E-state index contributed by atoms with van der Waals surface area (Å²) in [5, 5.41) is 18.7. The smallest absolute Gasteiger partial charge is 0.251 e. The average molecular weight is 440 g/mol. The number of aliphatic hydroxyl groups is 1. The molecule has 2 heterocycles. The SMILES string of the molecule is Cc1ccc([C@@H](CO)NC(=O)c2ccc3cnc(NC4CCOCC4)cc3c2)cc1Cl. The van der Waals surface area contributed by atoms with Crippen molar-refractivity contribution in [2.24, 2.45) is 0 Å². The molecule has 6 nitrogen and oxygen atoms in total. The number of carbonyl (C=O) groups is 1. The van der Waals surface area contributed by atoms with Gasteiger partial charge < -0.3 is 20.5 Å². The fourth-order valence-corrected chi connectivity index (χ4v) is 3.90. The van der Waals surface area contributed by atoms with E-state index in [1.165, 1.54) is 0 Å². The number of anilines is 1. The van der Waals surface area contributed by atoms with Crippen molar-refractivity contribution >= 4 is 34.1 Å². The first kappa shape index (κ1) is 21.6. The van der Waals surface area contributed by atoms with Gasteiger partial charge in [0.2, 0.25) is 0 Å². The van der Waals surface area contributed by atoms with E-state index in [-0.39, 0.29) is 12.5 Å². The molecule has 1 aliphatic rings. The zero-order chi connectivity index (χ0) is 21.8. The van der Waals surface area contributed by atoms with E-state index >= 15 is 0 Å². The first-order valence-electron chi connectivity index (χ1n) is 10.5. The van der Waals surface area contributed by atoms with Gasteiger partial charge in [0.05, 0.1) is 12.6 Å². The Morgan fingerprint density at radius 2 is 2.00 bits per heavy atom. The van der Waals surface area contributed by atoms with Crippen LogP contribution in [0.15, 0.2) is 48.7 Å². The van der Waals surface area contributed by atoms with Crippen molar-refractivity contribution in [3.63, 3.8) is 0 Å². The largest absolute Gasteiger partial charge is 0.394 e. The molecule has 0 aliphatic carbocycles. The number of ether oxygens (including phenoxy) is 1. The fourth-order valence-electron chi connectivity index (χ4n) is 3.71. The predicted molar refractivity (Wildman–Crippen MR) is 123 cm³/mol. The number of aryl methyl sites for hydroxylation is 1. The number of halogens is 1. The van der Waals surface area contributed by atoms with Crippen molar-refractivity contribution in [3.8, 4) is 0 Å². The predicted octanol–water partition coefficient (Wildman–Crippen LogP) is 4.25. The van der Waals surface area contributed by atoms with E-state index in [1.807, 2.05) is 43.5 Å². The fraction of sp³-hybridized carbons (Fsp3) is 0.333. The number of benzene rings is 2. The molecule has 162 valence electrons. The van der Waals surface area contributed by atoms with E-state index in [0.29, 0.717) is 16.6 Å². The van der Waals surface area contributed by atoms with Crippen LogP contribution in [0, 0.1) is 6.92 Å². The van der Waals surface area contributed by atoms with Crippen molar-refractivity contribution in [3.05, 3.63) is 70.4 Å². The summed E-state index contributed by atoms with van der Waals surface area (Å²) in [6.07, 6.45) is 3.71. The number of aromatic nitrogens is 1. The van der Waals surface area contributed by atoms with Crippen LogP contribution in [0.4, 0.5) is 5.82 Å². The van der Waals surface area contributed by atoms with Gasteiger partial charge >= 0.3 is 0 Å². The van der Waals surface area contributed by atoms with E-state index in [2.05, 4.69) is 15.6 Å². The quantitative estimate of drug-likeness (QED) is 0.534. The van der Waals surface area contributed by atoms with Crippen molar-refractivity contribution in [2.45, 2.75) is 31.8 Å². The first-order chi connectivity index (χ1) is 15.0. The number of nitrogens with one attached hydrogen (secondary N) is 2. The van der Waals surface area contributed by atoms with Gasteiger partial charge in [-0.3, -0.25) is 4.79 Å². The maximum absolute atomic E-state index is 12.9. The number of amides is 1. The highest BCUT2D eigenvalue weighted by Gasteiger charge is 2.17. The van der Waals surface area contributed by atoms with E-state index in [4.69, 9.17) is 16.3 Å². The number of hydrogen-bond donors (Lipinski definition) is 3. The van der Waals surface area contributed by atoms with Gasteiger partial charge in [0.15, 0.2) is 0 Å². The van der Waals surface area contributed by atoms with Crippen LogP contribution in [0.2, 0.25) is 5.02 Å². The van der Waals surface area contributed by atoms with E-state index < -0.39 is 6.04 Å². The van der Waals surface area contributed by atoms with Crippen molar-refractivity contribution in [1.82, 2.24) is 10.3 Å². The number of hydrogen-bond acceptors (Lipinski definition) is 5. The van der Waals surface area contributed by atoms with Crippen molar-refractivity contribution in [2.75, 3.05) is 25.1 Å². The molecule has 7 heteroatoms. The van der Waals surface area contributed by atoms with Crippen LogP contribution in [0.25, 0.3) is 10.8 Å². The lowest BCUT2D eigenvalue weighted by Crippen LogP contribution is -2.30. The number of fused-ring (bicyclic) bond motifs is 1. The topological polar surface area (TPSA) is 83.5 Å². The standard InChI is InChI=1S/C24H26ClN3O3/c1-15-2-3-16(11-21(15)25)22(14-29)28-24(30)17-4-5-18-13-26-23(12-19(18)10-17)27-20-6-8-31-9-7-20/h2-5,10-13,20,22,29H,6-9,14H2,1H3,(H,26,27)(H,28,30)/t22-/m1/s1. The Morgan fingerprint density at radius 3 is 2.74 bits per heavy atom. The number of rotatable bonds is 6. The molecule has 3 N–H and O–H groups in total. The van der Waals surface area contributed by atoms with Gasteiger partial charge in [0.1, 0.15) is 5.82 Å². The summed E-state index contributed by atoms with van der Waals surface area (Å²) in [7, 11) is 0. The Balaban J connectivity index is 1.51. The molecule has 0 unspecified atom stereocenters. The highest BCUT2D eigenvalue weighted by molar-refractivity contribution is 6.31. The zero-order valence-corrected chi connectivity index (χ0v) is 18.2. The minimum atomic E-state index is -0.538. The summed E-state index contributed by atoms with van der Waals surface area (Å²) in [5.41, 5.74) is 2.23. The number of nitrogens with zero attached hydrogens (tertiary/aromatic N) is 1. The third kappa shape index (κ3) is 5.15. The number of aliphatic hydroxyl groups excluding tert-OH is 1. The molecule has 0 saturated carbocycles. The lowest BCUT2D eigenvalue weighted by Gasteiger charge is -2.23. The number of carbonyl (C=O) groups excluding carboxylic acids is 1. The minimum Gasteiger partial charge on any atom is -0.394 e. The molecular formula is C24H26ClN3O3. The molecule has 0 bridgehead atoms. The van der Waals surface area contributed by atoms with E-state index in [9.17, 15) is 9.90 Å². The Bertz CT molecular complexity index is 1080. The van der Waals surface area contributed by atoms with E-state index in [1.54, 1.807) is 12.1 Å². The third-order valence-corrected chi connectivity index (χ3v) is 6.05. The van der Waals surface area contributed by atoms with Gasteiger partial charge in [-0.05, 0) is 60.5 Å². The van der Waals surface area contributed by atoms with Crippen LogP contribution in [-0.4, -0.2) is 41.9 Å². The molecule has 0 spiro atoms. The summed E-state index contributed by atoms with van der Waals surface area (Å²) in [5.74, 6) is 0.535. The molecule has 2 aromatic carbocycles. The number of pyridine rings is 1. The van der Waals surface area contributed by atoms with Crippen LogP contribution < -0.4 is 10.6 Å². The van der Waals surface area contributed by atoms with Crippen LogP contribution >= 0.6 is 11.6 Å². The molecule has 31 heavy (non-hydrogen) atoms. The maximum Gasteiger partial charge on any atom is 0.251 e. The van der Waals surface area contributed by atoms with Crippen molar-refractivity contribution in [1.29, 1.82) is 0 Å². The highest BCUT2D eigenvalue weighted by Crippen LogP contribution is 2.23.